The highest BCUT2D eigenvalue weighted by Crippen LogP contribution is 2.29. The summed E-state index contributed by atoms with van der Waals surface area (Å²) >= 11 is 12.6. The van der Waals surface area contributed by atoms with E-state index in [4.69, 9.17) is 33.0 Å². The number of aromatic nitrogens is 2. The number of halogens is 2. The van der Waals surface area contributed by atoms with Crippen molar-refractivity contribution in [3.05, 3.63) is 51.5 Å². The Labute approximate surface area is 168 Å². The monoisotopic (exact) mass is 408 g/mol. The first-order valence-corrected chi connectivity index (χ1v) is 9.74. The minimum atomic E-state index is -1.04. The first-order valence-electron chi connectivity index (χ1n) is 8.99. The van der Waals surface area contributed by atoms with Crippen LogP contribution in [0.5, 0.6) is 5.75 Å². The van der Waals surface area contributed by atoms with Crippen LogP contribution in [0.3, 0.4) is 0 Å². The molecule has 2 aromatic rings. The predicted octanol–water partition coefficient (Wildman–Crippen LogP) is 5.21. The van der Waals surface area contributed by atoms with Gasteiger partial charge in [0.1, 0.15) is 11.6 Å². The van der Waals surface area contributed by atoms with Crippen LogP contribution in [0.2, 0.25) is 10.2 Å². The number of aryl methyl sites for hydroxylation is 1. The number of hydrogen-bond acceptors (Lipinski definition) is 3. The smallest absolute Gasteiger partial charge is 0.328 e. The zero-order chi connectivity index (χ0) is 19.4. The van der Waals surface area contributed by atoms with E-state index in [1.165, 1.54) is 31.8 Å². The van der Waals surface area contributed by atoms with Crippen LogP contribution in [0.25, 0.3) is 6.08 Å². The van der Waals surface area contributed by atoms with E-state index in [1.54, 1.807) is 0 Å². The quantitative estimate of drug-likeness (QED) is 0.638. The molecule has 0 radical (unpaired) electrons. The highest BCUT2D eigenvalue weighted by atomic mass is 35.5. The first kappa shape index (κ1) is 19.8. The molecule has 1 N–H and O–H groups in total. The first-order chi connectivity index (χ1) is 12.9. The Hall–Kier alpha value is -1.98. The Kier molecular flexibility index (Phi) is 6.45. The third-order valence-corrected chi connectivity index (χ3v) is 5.48. The topological polar surface area (TPSA) is 64.3 Å². The fourth-order valence-electron chi connectivity index (χ4n) is 3.36. The van der Waals surface area contributed by atoms with E-state index in [0.29, 0.717) is 29.0 Å². The summed E-state index contributed by atoms with van der Waals surface area (Å²) in [5, 5.41) is 9.72. The minimum absolute atomic E-state index is 0.262. The molecule has 1 heterocycles. The van der Waals surface area contributed by atoms with Crippen LogP contribution >= 0.6 is 23.2 Å². The number of imidazole rings is 1. The number of rotatable bonds is 7. The van der Waals surface area contributed by atoms with Gasteiger partial charge in [-0.1, -0.05) is 42.1 Å². The van der Waals surface area contributed by atoms with Crippen LogP contribution in [0.15, 0.2) is 24.3 Å². The standard InChI is InChI=1S/C20H22Cl2N2O3/c1-13-23-20(22)18(8-9-19(25)26)24(13)11-15-6-7-16(10-17(15)21)27-12-14-4-2-3-5-14/h6-10,14H,2-5,11-12H2,1H3,(H,25,26). The van der Waals surface area contributed by atoms with Gasteiger partial charge in [-0.15, -0.1) is 0 Å². The Balaban J connectivity index is 1.75. The number of nitrogens with zero attached hydrogens (tertiary/aromatic N) is 2. The van der Waals surface area contributed by atoms with Gasteiger partial charge in [0.05, 0.1) is 18.8 Å². The summed E-state index contributed by atoms with van der Waals surface area (Å²) < 4.78 is 7.73. The lowest BCUT2D eigenvalue weighted by molar-refractivity contribution is -0.131. The second-order valence-electron chi connectivity index (χ2n) is 6.81. The van der Waals surface area contributed by atoms with E-state index in [9.17, 15) is 4.79 Å². The molecular weight excluding hydrogens is 387 g/mol. The van der Waals surface area contributed by atoms with Crippen LogP contribution in [0, 0.1) is 12.8 Å². The molecule has 0 amide bonds. The highest BCUT2D eigenvalue weighted by molar-refractivity contribution is 6.31. The molecule has 1 aliphatic rings. The van der Waals surface area contributed by atoms with Crippen molar-refractivity contribution in [2.45, 2.75) is 39.2 Å². The molecule has 1 fully saturated rings. The minimum Gasteiger partial charge on any atom is -0.493 e. The van der Waals surface area contributed by atoms with Crippen LogP contribution in [0.4, 0.5) is 0 Å². The van der Waals surface area contributed by atoms with Gasteiger partial charge in [-0.2, -0.15) is 0 Å². The molecule has 3 rings (SSSR count). The van der Waals surface area contributed by atoms with Gasteiger partial charge >= 0.3 is 5.97 Å². The molecule has 27 heavy (non-hydrogen) atoms. The summed E-state index contributed by atoms with van der Waals surface area (Å²) in [5.74, 6) is 1.05. The van der Waals surface area contributed by atoms with Crippen molar-refractivity contribution < 1.29 is 14.6 Å². The molecule has 1 aliphatic carbocycles. The molecule has 0 spiro atoms. The summed E-state index contributed by atoms with van der Waals surface area (Å²) in [6.45, 7) is 2.99. The number of carboxylic acids is 1. The Bertz CT molecular complexity index is 855. The lowest BCUT2D eigenvalue weighted by Crippen LogP contribution is -2.08. The van der Waals surface area contributed by atoms with Gasteiger partial charge in [-0.05, 0) is 49.5 Å². The molecular formula is C20H22Cl2N2O3. The van der Waals surface area contributed by atoms with Crippen molar-refractivity contribution in [1.29, 1.82) is 0 Å². The summed E-state index contributed by atoms with van der Waals surface area (Å²) in [7, 11) is 0. The Morgan fingerprint density at radius 1 is 1.37 bits per heavy atom. The number of hydrogen-bond donors (Lipinski definition) is 1. The fraction of sp³-hybridized carbons (Fsp3) is 0.400. The van der Waals surface area contributed by atoms with Gasteiger partial charge < -0.3 is 14.4 Å². The van der Waals surface area contributed by atoms with E-state index >= 15 is 0 Å². The van der Waals surface area contributed by atoms with Crippen LogP contribution in [0.1, 0.15) is 42.8 Å². The highest BCUT2D eigenvalue weighted by Gasteiger charge is 2.16. The molecule has 0 bridgehead atoms. The second-order valence-corrected chi connectivity index (χ2v) is 7.57. The van der Waals surface area contributed by atoms with E-state index in [2.05, 4.69) is 4.98 Å². The average molecular weight is 409 g/mol. The molecule has 144 valence electrons. The molecule has 0 aliphatic heterocycles. The number of aliphatic carboxylic acids is 1. The van der Waals surface area contributed by atoms with Crippen molar-refractivity contribution in [3.63, 3.8) is 0 Å². The summed E-state index contributed by atoms with van der Waals surface area (Å²) in [6.07, 6.45) is 7.54. The van der Waals surface area contributed by atoms with Gasteiger partial charge in [0, 0.05) is 11.1 Å². The third kappa shape index (κ3) is 5.05. The number of benzene rings is 1. The Morgan fingerprint density at radius 3 is 2.78 bits per heavy atom. The van der Waals surface area contributed by atoms with Crippen molar-refractivity contribution in [3.8, 4) is 5.75 Å². The normalized spacial score (nSPS) is 14.9. The summed E-state index contributed by atoms with van der Waals surface area (Å²) in [6, 6.07) is 5.66. The molecule has 1 saturated carbocycles. The van der Waals surface area contributed by atoms with Crippen molar-refractivity contribution in [2.24, 2.45) is 5.92 Å². The molecule has 1 aromatic heterocycles. The van der Waals surface area contributed by atoms with Crippen molar-refractivity contribution in [2.75, 3.05) is 6.61 Å². The second kappa shape index (κ2) is 8.81. The molecule has 7 heteroatoms. The van der Waals surface area contributed by atoms with Crippen LogP contribution in [-0.2, 0) is 11.3 Å². The Morgan fingerprint density at radius 2 is 2.11 bits per heavy atom. The zero-order valence-corrected chi connectivity index (χ0v) is 16.6. The van der Waals surface area contributed by atoms with Gasteiger partial charge in [0.25, 0.3) is 0 Å². The molecule has 0 saturated heterocycles. The molecule has 0 atom stereocenters. The van der Waals surface area contributed by atoms with E-state index in [0.717, 1.165) is 24.0 Å². The number of carboxylic acid groups (broad SMARTS) is 1. The number of ether oxygens (including phenoxy) is 1. The summed E-state index contributed by atoms with van der Waals surface area (Å²) in [4.78, 5) is 15.0. The molecule has 5 nitrogen and oxygen atoms in total. The fourth-order valence-corrected chi connectivity index (χ4v) is 3.88. The van der Waals surface area contributed by atoms with Gasteiger partial charge in [0.15, 0.2) is 5.15 Å². The van der Waals surface area contributed by atoms with E-state index in [-0.39, 0.29) is 5.15 Å². The maximum atomic E-state index is 10.8. The maximum Gasteiger partial charge on any atom is 0.328 e. The average Bonchev–Trinajstić information content (AvgIpc) is 3.22. The van der Waals surface area contributed by atoms with Gasteiger partial charge in [-0.3, -0.25) is 0 Å². The largest absolute Gasteiger partial charge is 0.493 e. The number of carbonyl (C=O) groups is 1. The summed E-state index contributed by atoms with van der Waals surface area (Å²) in [5.41, 5.74) is 1.42. The van der Waals surface area contributed by atoms with Crippen LogP contribution in [-0.4, -0.2) is 27.2 Å². The predicted molar refractivity (Wildman–Crippen MR) is 107 cm³/mol. The maximum absolute atomic E-state index is 10.8. The van der Waals surface area contributed by atoms with Gasteiger partial charge in [0.2, 0.25) is 0 Å². The lowest BCUT2D eigenvalue weighted by Gasteiger charge is -2.14. The van der Waals surface area contributed by atoms with Crippen molar-refractivity contribution >= 4 is 35.2 Å². The zero-order valence-electron chi connectivity index (χ0n) is 15.1. The third-order valence-electron chi connectivity index (χ3n) is 4.85. The lowest BCUT2D eigenvalue weighted by atomic mass is 10.1. The molecule has 1 aromatic carbocycles. The molecule has 0 unspecified atom stereocenters. The van der Waals surface area contributed by atoms with Crippen molar-refractivity contribution in [1.82, 2.24) is 9.55 Å². The van der Waals surface area contributed by atoms with Gasteiger partial charge in [-0.25, -0.2) is 9.78 Å². The SMILES string of the molecule is Cc1nc(Cl)c(C=CC(=O)O)n1Cc1ccc(OCC2CCCC2)cc1Cl. The van der Waals surface area contributed by atoms with E-state index in [1.807, 2.05) is 29.7 Å². The van der Waals surface area contributed by atoms with E-state index < -0.39 is 5.97 Å². The van der Waals surface area contributed by atoms with Crippen LogP contribution < -0.4 is 4.74 Å².